The molecule has 0 saturated carbocycles. The smallest absolute Gasteiger partial charge is 0.411 e. The van der Waals surface area contributed by atoms with Crippen LogP contribution in [0.4, 0.5) is 4.79 Å². The number of hydrogen-bond acceptors (Lipinski definition) is 4. The van der Waals surface area contributed by atoms with Gasteiger partial charge in [-0.1, -0.05) is 6.07 Å². The molecule has 0 aliphatic rings. The molecule has 0 bridgehead atoms. The molecule has 22 heavy (non-hydrogen) atoms. The van der Waals surface area contributed by atoms with Crippen molar-refractivity contribution in [2.24, 2.45) is 0 Å². The van der Waals surface area contributed by atoms with E-state index in [9.17, 15) is 9.59 Å². The zero-order chi connectivity index (χ0) is 16.5. The van der Waals surface area contributed by atoms with Crippen molar-refractivity contribution in [1.82, 2.24) is 4.90 Å². The van der Waals surface area contributed by atoms with Crippen molar-refractivity contribution in [3.05, 3.63) is 36.1 Å². The van der Waals surface area contributed by atoms with Crippen molar-refractivity contribution < 1.29 is 18.7 Å². The Bertz CT molecular complexity index is 698. The van der Waals surface area contributed by atoms with Gasteiger partial charge in [-0.15, -0.1) is 0 Å². The van der Waals surface area contributed by atoms with Crippen LogP contribution in [0.5, 0.6) is 0 Å². The topological polar surface area (TPSA) is 59.8 Å². The molecule has 1 unspecified atom stereocenters. The van der Waals surface area contributed by atoms with Crippen LogP contribution in [-0.4, -0.2) is 29.9 Å². The summed E-state index contributed by atoms with van der Waals surface area (Å²) in [4.78, 5) is 25.3. The van der Waals surface area contributed by atoms with Gasteiger partial charge in [0, 0.05) is 12.4 Å². The Labute approximate surface area is 129 Å². The molecule has 5 heteroatoms. The third kappa shape index (κ3) is 2.98. The lowest BCUT2D eigenvalue weighted by atomic mass is 9.91. The predicted molar refractivity (Wildman–Crippen MR) is 83.6 cm³/mol. The summed E-state index contributed by atoms with van der Waals surface area (Å²) in [6, 6.07) is 7.22. The number of ether oxygens (including phenoxy) is 1. The second-order valence-corrected chi connectivity index (χ2v) is 6.48. The fourth-order valence-electron chi connectivity index (χ4n) is 2.14. The first-order chi connectivity index (χ1) is 10.2. The lowest BCUT2D eigenvalue weighted by Gasteiger charge is -2.35. The first-order valence-electron chi connectivity index (χ1n) is 7.08. The van der Waals surface area contributed by atoms with Gasteiger partial charge in [0.2, 0.25) is 0 Å². The van der Waals surface area contributed by atoms with E-state index in [1.807, 2.05) is 12.1 Å². The highest BCUT2D eigenvalue weighted by Crippen LogP contribution is 2.29. The van der Waals surface area contributed by atoms with Crippen molar-refractivity contribution in [2.45, 2.75) is 38.8 Å². The van der Waals surface area contributed by atoms with Crippen molar-refractivity contribution in [3.8, 4) is 0 Å². The van der Waals surface area contributed by atoms with Crippen molar-refractivity contribution >= 4 is 23.3 Å². The van der Waals surface area contributed by atoms with Gasteiger partial charge in [0.15, 0.2) is 0 Å². The number of nitrogens with zero attached hydrogens (tertiary/aromatic N) is 1. The molecule has 118 valence electrons. The van der Waals surface area contributed by atoms with Gasteiger partial charge in [-0.25, -0.2) is 4.79 Å². The number of furan rings is 1. The SMILES string of the molecule is CN(C(=O)OC(C)(C)C)C(C)(C=O)c1ccc2occc2c1. The average molecular weight is 303 g/mol. The molecular weight excluding hydrogens is 282 g/mol. The summed E-state index contributed by atoms with van der Waals surface area (Å²) in [7, 11) is 1.56. The Morgan fingerprint density at radius 2 is 1.91 bits per heavy atom. The van der Waals surface area contributed by atoms with E-state index in [0.29, 0.717) is 5.56 Å². The van der Waals surface area contributed by atoms with E-state index in [-0.39, 0.29) is 0 Å². The van der Waals surface area contributed by atoms with Gasteiger partial charge in [0.05, 0.1) is 6.26 Å². The number of hydrogen-bond donors (Lipinski definition) is 0. The van der Waals surface area contributed by atoms with Crippen molar-refractivity contribution in [3.63, 3.8) is 0 Å². The standard InChI is InChI=1S/C17H21NO4/c1-16(2,3)22-15(20)18(5)17(4,11-19)13-6-7-14-12(10-13)8-9-21-14/h6-11H,1-5H3. The maximum atomic E-state index is 12.3. The van der Waals surface area contributed by atoms with Gasteiger partial charge < -0.3 is 13.9 Å². The van der Waals surface area contributed by atoms with Gasteiger partial charge >= 0.3 is 6.09 Å². The van der Waals surface area contributed by atoms with E-state index in [4.69, 9.17) is 9.15 Å². The lowest BCUT2D eigenvalue weighted by Crippen LogP contribution is -2.48. The van der Waals surface area contributed by atoms with Gasteiger partial charge in [0.1, 0.15) is 23.0 Å². The summed E-state index contributed by atoms with van der Waals surface area (Å²) in [5.41, 5.74) is -0.307. The van der Waals surface area contributed by atoms with E-state index < -0.39 is 17.2 Å². The number of aldehydes is 1. The second-order valence-electron chi connectivity index (χ2n) is 6.48. The molecule has 0 spiro atoms. The number of carbonyl (C=O) groups excluding carboxylic acids is 2. The fourth-order valence-corrected chi connectivity index (χ4v) is 2.14. The minimum Gasteiger partial charge on any atom is -0.464 e. The molecule has 2 rings (SSSR count). The van der Waals surface area contributed by atoms with Crippen LogP contribution in [0.3, 0.4) is 0 Å². The molecule has 1 aromatic heterocycles. The summed E-state index contributed by atoms with van der Waals surface area (Å²) >= 11 is 0. The lowest BCUT2D eigenvalue weighted by molar-refractivity contribution is -0.117. The number of benzene rings is 1. The van der Waals surface area contributed by atoms with Crippen LogP contribution < -0.4 is 0 Å². The number of likely N-dealkylation sites (N-methyl/N-ethyl adjacent to an activating group) is 1. The van der Waals surface area contributed by atoms with E-state index in [1.54, 1.807) is 53.1 Å². The van der Waals surface area contributed by atoms with Crippen LogP contribution in [-0.2, 0) is 15.1 Å². The minimum atomic E-state index is -1.12. The molecule has 1 heterocycles. The quantitative estimate of drug-likeness (QED) is 0.811. The zero-order valence-corrected chi connectivity index (χ0v) is 13.5. The highest BCUT2D eigenvalue weighted by molar-refractivity contribution is 5.82. The van der Waals surface area contributed by atoms with Gasteiger partial charge in [-0.2, -0.15) is 0 Å². The third-order valence-electron chi connectivity index (χ3n) is 3.63. The summed E-state index contributed by atoms with van der Waals surface area (Å²) in [5.74, 6) is 0. The van der Waals surface area contributed by atoms with E-state index in [2.05, 4.69) is 0 Å². The zero-order valence-electron chi connectivity index (χ0n) is 13.5. The maximum absolute atomic E-state index is 12.3. The first-order valence-corrected chi connectivity index (χ1v) is 7.08. The highest BCUT2D eigenvalue weighted by atomic mass is 16.6. The van der Waals surface area contributed by atoms with Crippen LogP contribution in [0, 0.1) is 0 Å². The number of amides is 1. The average Bonchev–Trinajstić information content (AvgIpc) is 2.91. The molecule has 1 amide bonds. The number of fused-ring (bicyclic) bond motifs is 1. The van der Waals surface area contributed by atoms with Crippen molar-refractivity contribution in [1.29, 1.82) is 0 Å². The fraction of sp³-hybridized carbons (Fsp3) is 0.412. The molecule has 1 aromatic carbocycles. The number of carbonyl (C=O) groups is 2. The highest BCUT2D eigenvalue weighted by Gasteiger charge is 2.37. The molecule has 0 N–H and O–H groups in total. The Balaban J connectivity index is 2.38. The minimum absolute atomic E-state index is 0.547. The van der Waals surface area contributed by atoms with E-state index >= 15 is 0 Å². The summed E-state index contributed by atoms with van der Waals surface area (Å²) in [6.45, 7) is 7.04. The molecule has 0 aliphatic carbocycles. The predicted octanol–water partition coefficient (Wildman–Crippen LogP) is 3.71. The molecule has 0 fully saturated rings. The summed E-state index contributed by atoms with van der Waals surface area (Å²) in [6.07, 6.45) is 1.79. The molecule has 0 aliphatic heterocycles. The summed E-state index contributed by atoms with van der Waals surface area (Å²) in [5, 5.41) is 0.878. The van der Waals surface area contributed by atoms with Crippen LogP contribution in [0.25, 0.3) is 11.0 Å². The Hall–Kier alpha value is -2.30. The van der Waals surface area contributed by atoms with Crippen LogP contribution >= 0.6 is 0 Å². The van der Waals surface area contributed by atoms with E-state index in [0.717, 1.165) is 17.3 Å². The molecular formula is C17H21NO4. The Morgan fingerprint density at radius 3 is 2.50 bits per heavy atom. The largest absolute Gasteiger partial charge is 0.464 e. The molecule has 2 aromatic rings. The molecule has 1 atom stereocenters. The Morgan fingerprint density at radius 1 is 1.23 bits per heavy atom. The van der Waals surface area contributed by atoms with Gasteiger partial charge in [-0.3, -0.25) is 4.90 Å². The maximum Gasteiger partial charge on any atom is 0.411 e. The monoisotopic (exact) mass is 303 g/mol. The van der Waals surface area contributed by atoms with Gasteiger partial charge in [0.25, 0.3) is 0 Å². The first kappa shape index (κ1) is 16.1. The van der Waals surface area contributed by atoms with Crippen molar-refractivity contribution in [2.75, 3.05) is 7.05 Å². The summed E-state index contributed by atoms with van der Waals surface area (Å²) < 4.78 is 10.7. The van der Waals surface area contributed by atoms with E-state index in [1.165, 1.54) is 4.90 Å². The van der Waals surface area contributed by atoms with Crippen LogP contribution in [0.2, 0.25) is 0 Å². The number of rotatable bonds is 3. The van der Waals surface area contributed by atoms with Crippen LogP contribution in [0.15, 0.2) is 34.9 Å². The normalized spacial score (nSPS) is 14.4. The van der Waals surface area contributed by atoms with Crippen LogP contribution in [0.1, 0.15) is 33.3 Å². The molecule has 5 nitrogen and oxygen atoms in total. The Kier molecular flexibility index (Phi) is 4.00. The third-order valence-corrected chi connectivity index (χ3v) is 3.63. The second kappa shape index (κ2) is 5.48. The molecule has 0 radical (unpaired) electrons. The van der Waals surface area contributed by atoms with Gasteiger partial charge in [-0.05, 0) is 51.5 Å². The molecule has 0 saturated heterocycles.